The van der Waals surface area contributed by atoms with Gasteiger partial charge in [0.15, 0.2) is 9.84 Å². The summed E-state index contributed by atoms with van der Waals surface area (Å²) in [6, 6.07) is 19.6. The molecule has 3 fully saturated rings. The van der Waals surface area contributed by atoms with Crippen LogP contribution in [0.1, 0.15) is 31.2 Å². The molecule has 0 aromatic heterocycles. The first kappa shape index (κ1) is 12.9. The molecule has 3 unspecified atom stereocenters. The largest absolute Gasteiger partial charge is 0.223 e. The molecule has 112 valence electrons. The van der Waals surface area contributed by atoms with E-state index in [-0.39, 0.29) is 10.8 Å². The highest BCUT2D eigenvalue weighted by atomic mass is 32.2. The summed E-state index contributed by atoms with van der Waals surface area (Å²) >= 11 is 0. The number of benzene rings is 2. The van der Waals surface area contributed by atoms with Crippen LogP contribution in [0, 0.1) is 5.41 Å². The summed E-state index contributed by atoms with van der Waals surface area (Å²) in [6.45, 7) is 0. The highest BCUT2D eigenvalue weighted by Crippen LogP contribution is 2.92. The van der Waals surface area contributed by atoms with Crippen molar-refractivity contribution < 1.29 is 8.42 Å². The van der Waals surface area contributed by atoms with E-state index < -0.39 is 14.6 Å². The smallest absolute Gasteiger partial charge is 0.184 e. The van der Waals surface area contributed by atoms with E-state index in [0.717, 1.165) is 25.7 Å². The average Bonchev–Trinajstić information content (AvgIpc) is 3.42. The predicted molar refractivity (Wildman–Crippen MR) is 85.4 cm³/mol. The molecule has 3 saturated carbocycles. The second kappa shape index (κ2) is 3.65. The summed E-state index contributed by atoms with van der Waals surface area (Å²) in [7, 11) is -3.23. The molecule has 0 aliphatic heterocycles. The van der Waals surface area contributed by atoms with Crippen molar-refractivity contribution >= 4 is 9.84 Å². The van der Waals surface area contributed by atoms with Crippen LogP contribution in [-0.2, 0) is 15.3 Å². The van der Waals surface area contributed by atoms with Gasteiger partial charge in [-0.3, -0.25) is 0 Å². The Balaban J connectivity index is 1.59. The van der Waals surface area contributed by atoms with E-state index in [1.807, 2.05) is 24.3 Å². The second-order valence-electron chi connectivity index (χ2n) is 7.19. The van der Waals surface area contributed by atoms with Crippen LogP contribution in [-0.4, -0.2) is 13.2 Å². The SMILES string of the molecule is O=S(=O)(c1ccccc1)C12CCC3(c4ccccc4)CC31C2. The van der Waals surface area contributed by atoms with Gasteiger partial charge in [0.25, 0.3) is 0 Å². The maximum atomic E-state index is 13.2. The molecule has 2 aromatic rings. The molecule has 22 heavy (non-hydrogen) atoms. The molecule has 1 spiro atoms. The topological polar surface area (TPSA) is 34.1 Å². The van der Waals surface area contributed by atoms with Gasteiger partial charge in [0.1, 0.15) is 0 Å². The van der Waals surface area contributed by atoms with Gasteiger partial charge in [-0.05, 0) is 43.4 Å². The first-order chi connectivity index (χ1) is 10.6. The Morgan fingerprint density at radius 1 is 0.773 bits per heavy atom. The van der Waals surface area contributed by atoms with Crippen molar-refractivity contribution in [3.8, 4) is 0 Å². The summed E-state index contributed by atoms with van der Waals surface area (Å²) in [5.74, 6) is 0. The second-order valence-corrected chi connectivity index (χ2v) is 9.45. The summed E-state index contributed by atoms with van der Waals surface area (Å²) < 4.78 is 25.9. The van der Waals surface area contributed by atoms with Gasteiger partial charge in [0.2, 0.25) is 0 Å². The van der Waals surface area contributed by atoms with Crippen LogP contribution in [0.25, 0.3) is 0 Å². The Morgan fingerprint density at radius 3 is 2.00 bits per heavy atom. The molecule has 3 aliphatic rings. The van der Waals surface area contributed by atoms with E-state index in [4.69, 9.17) is 0 Å². The lowest BCUT2D eigenvalue weighted by Crippen LogP contribution is -2.24. The Kier molecular flexibility index (Phi) is 2.14. The van der Waals surface area contributed by atoms with Crippen molar-refractivity contribution in [3.05, 3.63) is 66.2 Å². The Labute approximate surface area is 131 Å². The molecule has 3 aliphatic carbocycles. The standard InChI is InChI=1S/C19H18O2S/c20-22(21,16-9-5-2-6-10-16)19-12-11-17(13-18(17,19)14-19)15-7-3-1-4-8-15/h1-10H,11-14H2. The molecule has 0 N–H and O–H groups in total. The normalized spacial score (nSPS) is 38.2. The quantitative estimate of drug-likeness (QED) is 0.866. The maximum absolute atomic E-state index is 13.2. The van der Waals surface area contributed by atoms with Gasteiger partial charge in [-0.1, -0.05) is 48.5 Å². The van der Waals surface area contributed by atoms with Crippen molar-refractivity contribution in [2.45, 2.75) is 40.7 Å². The molecule has 0 bridgehead atoms. The highest BCUT2D eigenvalue weighted by molar-refractivity contribution is 7.93. The van der Waals surface area contributed by atoms with Crippen molar-refractivity contribution in [1.29, 1.82) is 0 Å². The summed E-state index contributed by atoms with van der Waals surface area (Å²) in [4.78, 5) is 0.502. The number of hydrogen-bond acceptors (Lipinski definition) is 2. The first-order valence-corrected chi connectivity index (χ1v) is 9.42. The lowest BCUT2D eigenvalue weighted by Gasteiger charge is -2.15. The van der Waals surface area contributed by atoms with Crippen molar-refractivity contribution in [3.63, 3.8) is 0 Å². The van der Waals surface area contributed by atoms with E-state index >= 15 is 0 Å². The molecule has 2 nitrogen and oxygen atoms in total. The van der Waals surface area contributed by atoms with Gasteiger partial charge >= 0.3 is 0 Å². The van der Waals surface area contributed by atoms with Crippen LogP contribution < -0.4 is 0 Å². The third-order valence-corrected chi connectivity index (χ3v) is 9.24. The Morgan fingerprint density at radius 2 is 1.41 bits per heavy atom. The monoisotopic (exact) mass is 310 g/mol. The van der Waals surface area contributed by atoms with Crippen LogP contribution >= 0.6 is 0 Å². The van der Waals surface area contributed by atoms with Crippen LogP contribution in [0.15, 0.2) is 65.6 Å². The van der Waals surface area contributed by atoms with Gasteiger partial charge < -0.3 is 0 Å². The fraction of sp³-hybridized carbons (Fsp3) is 0.368. The molecule has 0 radical (unpaired) electrons. The van der Waals surface area contributed by atoms with Crippen molar-refractivity contribution in [2.24, 2.45) is 5.41 Å². The molecular formula is C19H18O2S. The zero-order chi connectivity index (χ0) is 15.1. The number of rotatable bonds is 3. The van der Waals surface area contributed by atoms with Crippen molar-refractivity contribution in [2.75, 3.05) is 0 Å². The minimum atomic E-state index is -3.23. The van der Waals surface area contributed by atoms with Crippen LogP contribution in [0.3, 0.4) is 0 Å². The minimum Gasteiger partial charge on any atom is -0.223 e. The summed E-state index contributed by atoms with van der Waals surface area (Å²) in [5, 5.41) is 0. The van der Waals surface area contributed by atoms with E-state index in [1.54, 1.807) is 12.1 Å². The lowest BCUT2D eigenvalue weighted by molar-refractivity contribution is 0.560. The maximum Gasteiger partial charge on any atom is 0.184 e. The zero-order valence-corrected chi connectivity index (χ0v) is 13.1. The van der Waals surface area contributed by atoms with E-state index in [9.17, 15) is 8.42 Å². The molecule has 0 amide bonds. The zero-order valence-electron chi connectivity index (χ0n) is 12.3. The summed E-state index contributed by atoms with van der Waals surface area (Å²) in [6.07, 6.45) is 3.74. The predicted octanol–water partition coefficient (Wildman–Crippen LogP) is 3.72. The van der Waals surface area contributed by atoms with Crippen molar-refractivity contribution in [1.82, 2.24) is 0 Å². The van der Waals surface area contributed by atoms with Gasteiger partial charge in [-0.2, -0.15) is 0 Å². The number of sulfone groups is 1. The number of hydrogen-bond donors (Lipinski definition) is 0. The van der Waals surface area contributed by atoms with Crippen LogP contribution in [0.4, 0.5) is 0 Å². The molecule has 0 saturated heterocycles. The first-order valence-electron chi connectivity index (χ1n) is 7.93. The molecule has 2 aromatic carbocycles. The van der Waals surface area contributed by atoms with Gasteiger partial charge in [-0.25, -0.2) is 8.42 Å². The molecule has 3 atom stereocenters. The third-order valence-electron chi connectivity index (χ3n) is 6.58. The fourth-order valence-electron chi connectivity index (χ4n) is 5.41. The lowest BCUT2D eigenvalue weighted by atomic mass is 9.91. The average molecular weight is 310 g/mol. The highest BCUT2D eigenvalue weighted by Gasteiger charge is 2.94. The molecular weight excluding hydrogens is 292 g/mol. The molecule has 3 heteroatoms. The fourth-order valence-corrected chi connectivity index (χ4v) is 7.96. The van der Waals surface area contributed by atoms with Crippen LogP contribution in [0.5, 0.6) is 0 Å². The minimum absolute atomic E-state index is 0.0238. The van der Waals surface area contributed by atoms with E-state index in [2.05, 4.69) is 24.3 Å². The van der Waals surface area contributed by atoms with Gasteiger partial charge in [0, 0.05) is 10.8 Å². The molecule has 5 rings (SSSR count). The summed E-state index contributed by atoms with van der Waals surface area (Å²) in [5.41, 5.74) is 1.50. The van der Waals surface area contributed by atoms with Crippen LogP contribution in [0.2, 0.25) is 0 Å². The molecule has 0 heterocycles. The van der Waals surface area contributed by atoms with E-state index in [0.29, 0.717) is 4.90 Å². The Hall–Kier alpha value is -1.61. The van der Waals surface area contributed by atoms with Gasteiger partial charge in [0.05, 0.1) is 9.64 Å². The van der Waals surface area contributed by atoms with E-state index in [1.165, 1.54) is 5.56 Å². The Bertz CT molecular complexity index is 851. The third kappa shape index (κ3) is 1.19. The van der Waals surface area contributed by atoms with Gasteiger partial charge in [-0.15, -0.1) is 0 Å².